The van der Waals surface area contributed by atoms with Crippen molar-refractivity contribution in [2.24, 2.45) is 11.3 Å². The second kappa shape index (κ2) is 16.5. The summed E-state index contributed by atoms with van der Waals surface area (Å²) in [6.07, 6.45) is 8.00. The van der Waals surface area contributed by atoms with Gasteiger partial charge < -0.3 is 6.92 Å². The van der Waals surface area contributed by atoms with Crippen LogP contribution in [0.2, 0.25) is 0 Å². The van der Waals surface area contributed by atoms with Gasteiger partial charge in [-0.25, -0.2) is 5.57 Å². The van der Waals surface area contributed by atoms with E-state index in [1.807, 2.05) is 36.4 Å². The van der Waals surface area contributed by atoms with Crippen molar-refractivity contribution in [3.05, 3.63) is 126 Å². The van der Waals surface area contributed by atoms with Gasteiger partial charge in [0, 0.05) is 0 Å². The zero-order chi connectivity index (χ0) is 26.3. The van der Waals surface area contributed by atoms with Gasteiger partial charge in [0.1, 0.15) is 0 Å². The summed E-state index contributed by atoms with van der Waals surface area (Å²) in [5, 5.41) is 0. The summed E-state index contributed by atoms with van der Waals surface area (Å²) in [7, 11) is 0. The summed E-state index contributed by atoms with van der Waals surface area (Å²) in [4.78, 5) is 0. The molecule has 0 amide bonds. The third-order valence-electron chi connectivity index (χ3n) is 5.53. The molecule has 0 radical (unpaired) electrons. The maximum Gasteiger partial charge on any atom is -0.0253 e. The van der Waals surface area contributed by atoms with E-state index in [0.29, 0.717) is 11.3 Å². The summed E-state index contributed by atoms with van der Waals surface area (Å²) in [6, 6.07) is 30.6. The maximum absolute atomic E-state index is 3.48. The molecule has 0 aliphatic heterocycles. The van der Waals surface area contributed by atoms with Gasteiger partial charge in [-0.1, -0.05) is 87.8 Å². The summed E-state index contributed by atoms with van der Waals surface area (Å²) >= 11 is 1.30. The van der Waals surface area contributed by atoms with E-state index in [2.05, 4.69) is 106 Å². The molecule has 0 N–H and O–H groups in total. The van der Waals surface area contributed by atoms with Gasteiger partial charge >= 0.3 is 28.4 Å². The average Bonchev–Trinajstić information content (AvgIpc) is 3.48. The van der Waals surface area contributed by atoms with Crippen LogP contribution in [0.15, 0.2) is 90.0 Å². The molecule has 0 bridgehead atoms. The fourth-order valence-electron chi connectivity index (χ4n) is 4.08. The molecule has 184 valence electrons. The van der Waals surface area contributed by atoms with Crippen molar-refractivity contribution >= 4 is 4.21 Å². The van der Waals surface area contributed by atoms with E-state index in [1.54, 1.807) is 6.92 Å². The van der Waals surface area contributed by atoms with Crippen LogP contribution in [0, 0.1) is 36.5 Å². The van der Waals surface area contributed by atoms with Crippen LogP contribution in [0.25, 0.3) is 11.1 Å². The summed E-state index contributed by atoms with van der Waals surface area (Å²) in [5.41, 5.74) is 8.73. The van der Waals surface area contributed by atoms with E-state index in [0.717, 1.165) is 12.8 Å². The average molecular weight is 540 g/mol. The summed E-state index contributed by atoms with van der Waals surface area (Å²) in [6.45, 7) is 16.2. The third kappa shape index (κ3) is 9.81. The molecule has 3 aromatic rings. The molecule has 0 aromatic heterocycles. The number of benzene rings is 3. The molecule has 0 heterocycles. The standard InChI is InChI=1S/C13H9.C12H19.C6H5.C2H5.CH2.Zr/c1-3-7-12-10(5-1)9-11-6-2-4-8-13(11)12;1-6-10-7-9(2)8-11(10)12(3,4)5;1-2-4-6-5-3-1;1-2;;/h1-5,7-8H,9H2;8-9H,6H2,1-5H3;1-5H;1H2,2H3;1H2;/q4*-1;;. The fourth-order valence-corrected chi connectivity index (χ4v) is 4.08. The Hall–Kier alpha value is -2.11. The molecular weight excluding hydrogens is 500 g/mol. The van der Waals surface area contributed by atoms with Crippen molar-refractivity contribution in [1.82, 2.24) is 0 Å². The van der Waals surface area contributed by atoms with E-state index in [9.17, 15) is 0 Å². The van der Waals surface area contributed by atoms with E-state index >= 15 is 0 Å². The Labute approximate surface area is 230 Å². The van der Waals surface area contributed by atoms with Gasteiger partial charge in [-0.15, -0.1) is 5.56 Å². The number of allylic oxidation sites excluding steroid dienone is 4. The van der Waals surface area contributed by atoms with Crippen LogP contribution < -0.4 is 0 Å². The minimum absolute atomic E-state index is 0.295. The Morgan fingerprint density at radius 2 is 1.54 bits per heavy atom. The molecule has 35 heavy (non-hydrogen) atoms. The Morgan fingerprint density at radius 3 is 2.06 bits per heavy atom. The van der Waals surface area contributed by atoms with Gasteiger partial charge in [0.2, 0.25) is 0 Å². The largest absolute Gasteiger partial charge is 0.184 e. The number of fused-ring (bicyclic) bond motifs is 3. The molecule has 1 heteroatoms. The third-order valence-corrected chi connectivity index (χ3v) is 5.53. The van der Waals surface area contributed by atoms with E-state index in [-0.39, 0.29) is 0 Å². The van der Waals surface area contributed by atoms with Crippen LogP contribution in [0.4, 0.5) is 0 Å². The fraction of sp³-hybridized carbons (Fsp3) is 0.294. The normalized spacial score (nSPS) is 14.4. The molecule has 5 rings (SSSR count). The molecular formula is C34H40Zr-4. The number of rotatable bonds is 1. The first-order valence-electron chi connectivity index (χ1n) is 12.3. The van der Waals surface area contributed by atoms with Gasteiger partial charge in [-0.3, -0.25) is 6.08 Å². The quantitative estimate of drug-likeness (QED) is 0.212. The summed E-state index contributed by atoms with van der Waals surface area (Å²) in [5.74, 6) is 0.522. The molecule has 1 unspecified atom stereocenters. The van der Waals surface area contributed by atoms with E-state index in [4.69, 9.17) is 0 Å². The molecule has 2 aliphatic carbocycles. The van der Waals surface area contributed by atoms with Gasteiger partial charge in [0.05, 0.1) is 0 Å². The molecule has 0 nitrogen and oxygen atoms in total. The van der Waals surface area contributed by atoms with Crippen LogP contribution in [-0.4, -0.2) is 4.21 Å². The monoisotopic (exact) mass is 538 g/mol. The van der Waals surface area contributed by atoms with Crippen LogP contribution in [0.1, 0.15) is 59.1 Å². The molecule has 2 aliphatic rings. The second-order valence-electron chi connectivity index (χ2n) is 9.07. The van der Waals surface area contributed by atoms with Crippen LogP contribution >= 0.6 is 0 Å². The van der Waals surface area contributed by atoms with Crippen LogP contribution in [0.3, 0.4) is 0 Å². The van der Waals surface area contributed by atoms with Gasteiger partial charge in [0.25, 0.3) is 0 Å². The van der Waals surface area contributed by atoms with Crippen molar-refractivity contribution in [2.45, 2.75) is 54.4 Å². The van der Waals surface area contributed by atoms with Crippen molar-refractivity contribution in [3.63, 3.8) is 0 Å². The van der Waals surface area contributed by atoms with Gasteiger partial charge in [-0.05, 0) is 6.42 Å². The Balaban J connectivity index is 0.000000257. The second-order valence-corrected chi connectivity index (χ2v) is 9.07. The van der Waals surface area contributed by atoms with Crippen molar-refractivity contribution in [1.29, 1.82) is 0 Å². The Kier molecular flexibility index (Phi) is 14.6. The van der Waals surface area contributed by atoms with Crippen molar-refractivity contribution in [2.75, 3.05) is 0 Å². The number of hydrogen-bond acceptors (Lipinski definition) is 0. The first-order chi connectivity index (χ1) is 16.9. The molecule has 0 spiro atoms. The van der Waals surface area contributed by atoms with E-state index < -0.39 is 0 Å². The predicted octanol–water partition coefficient (Wildman–Crippen LogP) is 9.10. The topological polar surface area (TPSA) is 0 Å². The molecule has 0 saturated heterocycles. The molecule has 1 atom stereocenters. The summed E-state index contributed by atoms with van der Waals surface area (Å²) < 4.78 is 3.34. The molecule has 3 aromatic carbocycles. The maximum atomic E-state index is 3.48. The van der Waals surface area contributed by atoms with Crippen molar-refractivity contribution < 1.29 is 24.2 Å². The first-order valence-corrected chi connectivity index (χ1v) is 14.0. The number of hydrogen-bond donors (Lipinski definition) is 0. The van der Waals surface area contributed by atoms with Gasteiger partial charge in [0.15, 0.2) is 0 Å². The molecule has 0 fully saturated rings. The van der Waals surface area contributed by atoms with E-state index in [1.165, 1.54) is 57.6 Å². The minimum atomic E-state index is 0.295. The first kappa shape index (κ1) is 30.9. The Bertz CT molecular complexity index is 981. The van der Waals surface area contributed by atoms with Crippen molar-refractivity contribution in [3.8, 4) is 11.1 Å². The predicted molar refractivity (Wildman–Crippen MR) is 151 cm³/mol. The minimum Gasteiger partial charge on any atom is -0.184 e. The SMILES string of the molecule is CCC1=[C-]C(C)C=C1C(C)(C)C.[CH2-]C.[CH2]=[Zr].[c-]1cccc2c1Cc1ccccc1-2.[c-]1ccccc1. The zero-order valence-corrected chi connectivity index (χ0v) is 24.9. The Morgan fingerprint density at radius 1 is 0.914 bits per heavy atom. The van der Waals surface area contributed by atoms with Crippen LogP contribution in [-0.2, 0) is 30.7 Å². The smallest absolute Gasteiger partial charge is 0.0253 e. The van der Waals surface area contributed by atoms with Crippen LogP contribution in [0.5, 0.6) is 0 Å². The molecule has 0 saturated carbocycles. The zero-order valence-electron chi connectivity index (χ0n) is 22.4. The van der Waals surface area contributed by atoms with Gasteiger partial charge in [-0.2, -0.15) is 84.8 Å².